The van der Waals surface area contributed by atoms with Crippen molar-refractivity contribution in [1.82, 2.24) is 14.4 Å². The highest BCUT2D eigenvalue weighted by molar-refractivity contribution is 6.33. The van der Waals surface area contributed by atoms with Crippen molar-refractivity contribution in [2.45, 2.75) is 31.7 Å². The molecule has 2 aliphatic rings. The van der Waals surface area contributed by atoms with Crippen molar-refractivity contribution in [1.29, 1.82) is 0 Å². The van der Waals surface area contributed by atoms with Gasteiger partial charge in [-0.05, 0) is 97.9 Å². The molecule has 2 fully saturated rings. The zero-order valence-corrected chi connectivity index (χ0v) is 28.0. The van der Waals surface area contributed by atoms with Crippen LogP contribution in [0.25, 0.3) is 10.9 Å². The molecule has 2 N–H and O–H groups in total. The lowest BCUT2D eigenvalue weighted by atomic mass is 9.78. The lowest BCUT2D eigenvalue weighted by molar-refractivity contribution is 0.0735. The predicted molar refractivity (Wildman–Crippen MR) is 193 cm³/mol. The van der Waals surface area contributed by atoms with Crippen molar-refractivity contribution in [3.8, 4) is 11.5 Å². The second-order valence-electron chi connectivity index (χ2n) is 13.2. The van der Waals surface area contributed by atoms with Gasteiger partial charge in [-0.25, -0.2) is 0 Å². The first-order chi connectivity index (χ1) is 23.4. The quantitative estimate of drug-likeness (QED) is 0.161. The molecule has 1 aromatic heterocycles. The number of likely N-dealkylation sites (tertiary alicyclic amines) is 1. The Hall–Kier alpha value is -4.46. The van der Waals surface area contributed by atoms with Crippen LogP contribution < -0.4 is 4.90 Å². The molecule has 7 nitrogen and oxygen atoms in total. The summed E-state index contributed by atoms with van der Waals surface area (Å²) in [5, 5.41) is 22.1. The van der Waals surface area contributed by atoms with E-state index in [9.17, 15) is 15.0 Å². The van der Waals surface area contributed by atoms with Gasteiger partial charge in [0.05, 0.1) is 10.7 Å². The molecule has 1 amide bonds. The van der Waals surface area contributed by atoms with Crippen molar-refractivity contribution in [2.75, 3.05) is 50.7 Å². The third kappa shape index (κ3) is 6.89. The Morgan fingerprint density at radius 1 is 0.729 bits per heavy atom. The zero-order chi connectivity index (χ0) is 33.0. The fraction of sp³-hybridized carbons (Fsp3) is 0.325. The van der Waals surface area contributed by atoms with E-state index in [4.69, 9.17) is 11.6 Å². The molecule has 2 aliphatic heterocycles. The number of amides is 1. The van der Waals surface area contributed by atoms with Crippen LogP contribution in [0.2, 0.25) is 5.02 Å². The number of aryl methyl sites for hydroxylation is 1. The number of benzene rings is 4. The first-order valence-corrected chi connectivity index (χ1v) is 17.5. The van der Waals surface area contributed by atoms with Crippen molar-refractivity contribution >= 4 is 34.1 Å². The Bertz CT molecular complexity index is 1800. The van der Waals surface area contributed by atoms with Gasteiger partial charge in [-0.2, -0.15) is 0 Å². The van der Waals surface area contributed by atoms with Crippen LogP contribution in [0.1, 0.15) is 46.8 Å². The number of para-hydroxylation sites is 2. The van der Waals surface area contributed by atoms with Crippen molar-refractivity contribution in [2.24, 2.45) is 5.92 Å². The molecular formula is C40H43ClN4O3. The number of phenols is 2. The molecule has 0 spiro atoms. The molecule has 0 aliphatic carbocycles. The van der Waals surface area contributed by atoms with E-state index in [0.717, 1.165) is 77.6 Å². The average Bonchev–Trinajstić information content (AvgIpc) is 3.77. The minimum atomic E-state index is 0.0469. The molecular weight excluding hydrogens is 620 g/mol. The van der Waals surface area contributed by atoms with Crippen LogP contribution in [0.4, 0.5) is 5.69 Å². The van der Waals surface area contributed by atoms with E-state index in [-0.39, 0.29) is 29.2 Å². The van der Waals surface area contributed by atoms with Gasteiger partial charge in [0.1, 0.15) is 17.2 Å². The standard InChI is InChI=1S/C40H43ClN4O3/c41-35-8-2-4-10-37(35)43-23-25-44(26-24-43)40(48)38-27-31-7-1-3-9-36(31)45(38)22-19-32(28-42-20-5-6-21-42)39(29-11-15-33(46)16-12-29)30-13-17-34(47)18-14-30/h1-4,7-18,27,32,39,46-47H,5-6,19-26,28H2. The van der Waals surface area contributed by atoms with E-state index < -0.39 is 0 Å². The molecule has 0 saturated carbocycles. The fourth-order valence-corrected chi connectivity index (χ4v) is 7.96. The highest BCUT2D eigenvalue weighted by Gasteiger charge is 2.30. The maximum absolute atomic E-state index is 14.3. The fourth-order valence-electron chi connectivity index (χ4n) is 7.70. The molecule has 3 heterocycles. The Labute approximate surface area is 287 Å². The lowest BCUT2D eigenvalue weighted by Gasteiger charge is -2.36. The third-order valence-corrected chi connectivity index (χ3v) is 10.5. The topological polar surface area (TPSA) is 72.2 Å². The van der Waals surface area contributed by atoms with Crippen LogP contribution in [0.3, 0.4) is 0 Å². The Morgan fingerprint density at radius 3 is 1.98 bits per heavy atom. The summed E-state index contributed by atoms with van der Waals surface area (Å²) in [6.45, 7) is 6.52. The number of carbonyl (C=O) groups is 1. The summed E-state index contributed by atoms with van der Waals surface area (Å²) in [5.74, 6) is 0.823. The molecule has 0 bridgehead atoms. The number of nitrogens with zero attached hydrogens (tertiary/aromatic N) is 4. The van der Waals surface area contributed by atoms with E-state index >= 15 is 0 Å². The summed E-state index contributed by atoms with van der Waals surface area (Å²) in [4.78, 5) is 21.1. The van der Waals surface area contributed by atoms with Crippen molar-refractivity contribution in [3.63, 3.8) is 0 Å². The van der Waals surface area contributed by atoms with Crippen molar-refractivity contribution in [3.05, 3.63) is 125 Å². The van der Waals surface area contributed by atoms with Crippen LogP contribution in [0, 0.1) is 5.92 Å². The molecule has 4 aromatic carbocycles. The minimum Gasteiger partial charge on any atom is -0.508 e. The number of rotatable bonds is 10. The smallest absolute Gasteiger partial charge is 0.270 e. The number of anilines is 1. The largest absolute Gasteiger partial charge is 0.508 e. The Morgan fingerprint density at radius 2 is 1.33 bits per heavy atom. The predicted octanol–water partition coefficient (Wildman–Crippen LogP) is 7.60. The van der Waals surface area contributed by atoms with Crippen LogP contribution in [0.5, 0.6) is 11.5 Å². The normalized spacial score (nSPS) is 16.2. The van der Waals surface area contributed by atoms with E-state index in [2.05, 4.69) is 32.6 Å². The molecule has 8 heteroatoms. The summed E-state index contributed by atoms with van der Waals surface area (Å²) >= 11 is 6.50. The molecule has 248 valence electrons. The number of hydrogen-bond donors (Lipinski definition) is 2. The first-order valence-electron chi connectivity index (χ1n) is 17.1. The summed E-state index contributed by atoms with van der Waals surface area (Å²) in [5.41, 5.74) is 5.08. The summed E-state index contributed by atoms with van der Waals surface area (Å²) in [7, 11) is 0. The van der Waals surface area contributed by atoms with Gasteiger partial charge in [0.25, 0.3) is 5.91 Å². The molecule has 48 heavy (non-hydrogen) atoms. The van der Waals surface area contributed by atoms with Gasteiger partial charge in [0.2, 0.25) is 0 Å². The van der Waals surface area contributed by atoms with Crippen molar-refractivity contribution < 1.29 is 15.0 Å². The van der Waals surface area contributed by atoms with Gasteiger partial charge in [0, 0.05) is 56.1 Å². The van der Waals surface area contributed by atoms with Gasteiger partial charge in [0.15, 0.2) is 0 Å². The number of aromatic nitrogens is 1. The second-order valence-corrected chi connectivity index (χ2v) is 13.6. The Kier molecular flexibility index (Phi) is 9.59. The molecule has 0 radical (unpaired) electrons. The SMILES string of the molecule is O=C(c1cc2ccccc2n1CCC(CN1CCCC1)C(c1ccc(O)cc1)c1ccc(O)cc1)N1CCN(c2ccccc2Cl)CC1. The summed E-state index contributed by atoms with van der Waals surface area (Å²) in [6, 6.07) is 33.4. The van der Waals surface area contributed by atoms with E-state index in [0.29, 0.717) is 19.6 Å². The van der Waals surface area contributed by atoms with E-state index in [1.54, 1.807) is 24.3 Å². The first kappa shape index (κ1) is 32.1. The molecule has 2 saturated heterocycles. The molecule has 1 atom stereocenters. The van der Waals surface area contributed by atoms with Crippen LogP contribution in [0.15, 0.2) is 103 Å². The summed E-state index contributed by atoms with van der Waals surface area (Å²) < 4.78 is 2.24. The number of hydrogen-bond acceptors (Lipinski definition) is 5. The van der Waals surface area contributed by atoms with Crippen LogP contribution in [-0.2, 0) is 6.54 Å². The van der Waals surface area contributed by atoms with E-state index in [1.165, 1.54) is 12.8 Å². The number of carbonyl (C=O) groups excluding carboxylic acids is 1. The van der Waals surface area contributed by atoms with Crippen LogP contribution >= 0.6 is 11.6 Å². The lowest BCUT2D eigenvalue weighted by Crippen LogP contribution is -2.49. The Balaban J connectivity index is 1.18. The number of fused-ring (bicyclic) bond motifs is 1. The van der Waals surface area contributed by atoms with Gasteiger partial charge >= 0.3 is 0 Å². The van der Waals surface area contributed by atoms with Gasteiger partial charge in [-0.1, -0.05) is 66.2 Å². The maximum Gasteiger partial charge on any atom is 0.270 e. The van der Waals surface area contributed by atoms with Gasteiger partial charge in [-0.3, -0.25) is 4.79 Å². The maximum atomic E-state index is 14.3. The second kappa shape index (κ2) is 14.3. The van der Waals surface area contributed by atoms with Gasteiger partial charge < -0.3 is 29.5 Å². The zero-order valence-electron chi connectivity index (χ0n) is 27.2. The molecule has 7 rings (SSSR count). The number of halogens is 1. The highest BCUT2D eigenvalue weighted by Crippen LogP contribution is 2.38. The van der Waals surface area contributed by atoms with Gasteiger partial charge in [-0.15, -0.1) is 0 Å². The number of phenolic OH excluding ortho intramolecular Hbond substituents is 2. The molecule has 1 unspecified atom stereocenters. The highest BCUT2D eigenvalue weighted by atomic mass is 35.5. The minimum absolute atomic E-state index is 0.0469. The van der Waals surface area contributed by atoms with Crippen LogP contribution in [-0.4, -0.2) is 76.3 Å². The van der Waals surface area contributed by atoms with E-state index in [1.807, 2.05) is 65.6 Å². The average molecular weight is 663 g/mol. The number of piperazine rings is 1. The number of aromatic hydroxyl groups is 2. The monoisotopic (exact) mass is 662 g/mol. The third-order valence-electron chi connectivity index (χ3n) is 10.2. The molecule has 5 aromatic rings. The summed E-state index contributed by atoms with van der Waals surface area (Å²) in [6.07, 6.45) is 3.27.